The fourth-order valence-corrected chi connectivity index (χ4v) is 3.70. The molecule has 0 bridgehead atoms. The molecule has 2 aromatic carbocycles. The molecule has 0 unspecified atom stereocenters. The summed E-state index contributed by atoms with van der Waals surface area (Å²) in [7, 11) is 0. The van der Waals surface area contributed by atoms with Crippen LogP contribution in [0.15, 0.2) is 65.8 Å². The van der Waals surface area contributed by atoms with E-state index < -0.39 is 12.1 Å². The van der Waals surface area contributed by atoms with Gasteiger partial charge in [-0.05, 0) is 24.1 Å². The van der Waals surface area contributed by atoms with Crippen LogP contribution < -0.4 is 5.01 Å². The highest BCUT2D eigenvalue weighted by atomic mass is 16.6. The first kappa shape index (κ1) is 17.3. The summed E-state index contributed by atoms with van der Waals surface area (Å²) in [6.45, 7) is 2.57. The van der Waals surface area contributed by atoms with Gasteiger partial charge in [-0.3, -0.25) is 9.80 Å². The molecule has 0 N–H and O–H groups in total. The fraction of sp³-hybridized carbons (Fsp3) is 0.286. The van der Waals surface area contributed by atoms with Crippen LogP contribution in [-0.4, -0.2) is 41.8 Å². The van der Waals surface area contributed by atoms with Gasteiger partial charge in [0.2, 0.25) is 0 Å². The second-order valence-electron chi connectivity index (χ2n) is 6.60. The van der Waals surface area contributed by atoms with Gasteiger partial charge >= 0.3 is 6.09 Å². The summed E-state index contributed by atoms with van der Waals surface area (Å²) in [6, 6.07) is 18.9. The normalized spacial score (nSPS) is 22.0. The van der Waals surface area contributed by atoms with E-state index in [-0.39, 0.29) is 25.0 Å². The first-order valence-corrected chi connectivity index (χ1v) is 9.17. The number of benzene rings is 2. The Labute approximate surface area is 158 Å². The summed E-state index contributed by atoms with van der Waals surface area (Å²) in [5.74, 6) is -0.378. The maximum atomic E-state index is 13.3. The van der Waals surface area contributed by atoms with Crippen molar-refractivity contribution in [2.45, 2.75) is 19.4 Å². The maximum absolute atomic E-state index is 13.3. The predicted molar refractivity (Wildman–Crippen MR) is 103 cm³/mol. The molecule has 138 valence electrons. The largest absolute Gasteiger partial charge is 0.447 e. The molecule has 2 aliphatic heterocycles. The van der Waals surface area contributed by atoms with Crippen LogP contribution in [0.1, 0.15) is 18.9 Å². The Balaban J connectivity index is 1.77. The number of anilines is 1. The summed E-state index contributed by atoms with van der Waals surface area (Å²) in [5, 5.41) is 6.58. The molecule has 4 rings (SSSR count). The zero-order valence-corrected chi connectivity index (χ0v) is 15.1. The van der Waals surface area contributed by atoms with Gasteiger partial charge in [0.1, 0.15) is 12.6 Å². The molecule has 27 heavy (non-hydrogen) atoms. The van der Waals surface area contributed by atoms with Gasteiger partial charge in [-0.2, -0.15) is 5.10 Å². The Hall–Kier alpha value is -3.15. The van der Waals surface area contributed by atoms with Crippen molar-refractivity contribution < 1.29 is 14.3 Å². The molecule has 6 heteroatoms. The van der Waals surface area contributed by atoms with E-state index in [4.69, 9.17) is 9.84 Å². The summed E-state index contributed by atoms with van der Waals surface area (Å²) in [4.78, 5) is 26.5. The number of hydrogen-bond donors (Lipinski definition) is 0. The molecule has 6 nitrogen and oxygen atoms in total. The van der Waals surface area contributed by atoms with E-state index in [0.29, 0.717) is 0 Å². The first-order chi connectivity index (χ1) is 13.2. The Morgan fingerprint density at radius 1 is 1.11 bits per heavy atom. The third-order valence-corrected chi connectivity index (χ3v) is 5.02. The number of nitrogens with zero attached hydrogens (tertiary/aromatic N) is 3. The molecule has 1 saturated heterocycles. The SMILES string of the molecule is CC[C@@H]1C(c2ccccc2)=NN(c2ccccc2)[C@H]1C(=O)N1CCOC1=O. The minimum absolute atomic E-state index is 0.117. The van der Waals surface area contributed by atoms with Crippen molar-refractivity contribution in [3.8, 4) is 0 Å². The van der Waals surface area contributed by atoms with E-state index in [1.807, 2.05) is 67.6 Å². The van der Waals surface area contributed by atoms with Crippen LogP contribution in [0.4, 0.5) is 10.5 Å². The molecule has 2 aliphatic rings. The summed E-state index contributed by atoms with van der Waals surface area (Å²) < 4.78 is 4.98. The molecule has 0 aliphatic carbocycles. The second kappa shape index (κ2) is 7.23. The lowest BCUT2D eigenvalue weighted by atomic mass is 9.88. The van der Waals surface area contributed by atoms with Crippen molar-refractivity contribution in [1.29, 1.82) is 0 Å². The third-order valence-electron chi connectivity index (χ3n) is 5.02. The zero-order valence-electron chi connectivity index (χ0n) is 15.1. The number of amides is 2. The van der Waals surface area contributed by atoms with Gasteiger partial charge in [-0.25, -0.2) is 9.69 Å². The number of hydrogen-bond acceptors (Lipinski definition) is 5. The lowest BCUT2D eigenvalue weighted by Gasteiger charge is -2.28. The number of imide groups is 1. The van der Waals surface area contributed by atoms with Crippen LogP contribution in [0.5, 0.6) is 0 Å². The number of ether oxygens (including phenoxy) is 1. The number of hydrazone groups is 1. The van der Waals surface area contributed by atoms with E-state index in [1.54, 1.807) is 5.01 Å². The van der Waals surface area contributed by atoms with Crippen LogP contribution in [0.3, 0.4) is 0 Å². The van der Waals surface area contributed by atoms with Crippen LogP contribution >= 0.6 is 0 Å². The highest BCUT2D eigenvalue weighted by molar-refractivity contribution is 6.10. The lowest BCUT2D eigenvalue weighted by molar-refractivity contribution is -0.129. The molecule has 0 aromatic heterocycles. The number of para-hydroxylation sites is 1. The number of rotatable bonds is 4. The molecule has 2 atom stereocenters. The average molecular weight is 363 g/mol. The topological polar surface area (TPSA) is 62.2 Å². The van der Waals surface area contributed by atoms with Crippen molar-refractivity contribution >= 4 is 23.4 Å². The van der Waals surface area contributed by atoms with Crippen molar-refractivity contribution in [2.75, 3.05) is 18.2 Å². The monoisotopic (exact) mass is 363 g/mol. The third kappa shape index (κ3) is 3.07. The van der Waals surface area contributed by atoms with Crippen LogP contribution in [0.2, 0.25) is 0 Å². The summed E-state index contributed by atoms with van der Waals surface area (Å²) >= 11 is 0. The summed E-state index contributed by atoms with van der Waals surface area (Å²) in [5.41, 5.74) is 2.69. The second-order valence-corrected chi connectivity index (χ2v) is 6.60. The fourth-order valence-electron chi connectivity index (χ4n) is 3.70. The van der Waals surface area contributed by atoms with Gasteiger partial charge in [-0.1, -0.05) is 55.5 Å². The molecule has 0 spiro atoms. The van der Waals surface area contributed by atoms with Crippen molar-refractivity contribution in [3.63, 3.8) is 0 Å². The van der Waals surface area contributed by atoms with Crippen molar-refractivity contribution in [3.05, 3.63) is 66.2 Å². The standard InChI is InChI=1S/C21H21N3O3/c1-2-17-18(15-9-5-3-6-10-15)22-24(16-11-7-4-8-12-16)19(17)20(25)23-13-14-27-21(23)26/h3-12,17,19H,2,13-14H2,1H3/t17-,19-/m1/s1. The quantitative estimate of drug-likeness (QED) is 0.836. The molecule has 2 amide bonds. The molecular formula is C21H21N3O3. The molecule has 2 aromatic rings. The van der Waals surface area contributed by atoms with E-state index >= 15 is 0 Å². The number of carbonyl (C=O) groups excluding carboxylic acids is 2. The average Bonchev–Trinajstić information content (AvgIpc) is 3.32. The van der Waals surface area contributed by atoms with Crippen LogP contribution in [0, 0.1) is 5.92 Å². The smallest absolute Gasteiger partial charge is 0.416 e. The predicted octanol–water partition coefficient (Wildman–Crippen LogP) is 3.28. The van der Waals surface area contributed by atoms with Crippen LogP contribution in [-0.2, 0) is 9.53 Å². The van der Waals surface area contributed by atoms with Crippen molar-refractivity contribution in [1.82, 2.24) is 4.90 Å². The van der Waals surface area contributed by atoms with Gasteiger partial charge in [0.05, 0.1) is 17.9 Å². The van der Waals surface area contributed by atoms with Gasteiger partial charge in [0, 0.05) is 5.92 Å². The minimum Gasteiger partial charge on any atom is -0.447 e. The van der Waals surface area contributed by atoms with E-state index in [9.17, 15) is 9.59 Å². The number of carbonyl (C=O) groups is 2. The molecule has 0 saturated carbocycles. The van der Waals surface area contributed by atoms with Gasteiger partial charge in [0.25, 0.3) is 5.91 Å². The highest BCUT2D eigenvalue weighted by Gasteiger charge is 2.46. The van der Waals surface area contributed by atoms with Gasteiger partial charge in [-0.15, -0.1) is 0 Å². The van der Waals surface area contributed by atoms with E-state index in [2.05, 4.69) is 0 Å². The Bertz CT molecular complexity index is 867. The van der Waals surface area contributed by atoms with Gasteiger partial charge in [0.15, 0.2) is 0 Å². The van der Waals surface area contributed by atoms with Crippen molar-refractivity contribution in [2.24, 2.45) is 11.0 Å². The lowest BCUT2D eigenvalue weighted by Crippen LogP contribution is -2.49. The Kier molecular flexibility index (Phi) is 4.62. The van der Waals surface area contributed by atoms with Gasteiger partial charge < -0.3 is 4.74 Å². The Morgan fingerprint density at radius 3 is 2.37 bits per heavy atom. The van der Waals surface area contributed by atoms with Crippen LogP contribution in [0.25, 0.3) is 0 Å². The Morgan fingerprint density at radius 2 is 1.78 bits per heavy atom. The number of cyclic esters (lactones) is 1. The molecule has 2 heterocycles. The molecule has 1 fully saturated rings. The molecule has 0 radical (unpaired) electrons. The van der Waals surface area contributed by atoms with E-state index in [0.717, 1.165) is 23.4 Å². The zero-order chi connectivity index (χ0) is 18.8. The maximum Gasteiger partial charge on any atom is 0.416 e. The van der Waals surface area contributed by atoms with E-state index in [1.165, 1.54) is 4.90 Å². The highest BCUT2D eigenvalue weighted by Crippen LogP contribution is 2.34. The summed E-state index contributed by atoms with van der Waals surface area (Å²) in [6.07, 6.45) is 0.159. The molecular weight excluding hydrogens is 342 g/mol. The first-order valence-electron chi connectivity index (χ1n) is 9.17. The minimum atomic E-state index is -0.573.